The quantitative estimate of drug-likeness (QED) is 0.832. The molecule has 0 aliphatic heterocycles. The molecule has 3 atom stereocenters. The summed E-state index contributed by atoms with van der Waals surface area (Å²) >= 11 is 3.38. The van der Waals surface area contributed by atoms with Crippen LogP contribution in [0, 0.1) is 23.2 Å². The standard InChI is InChI=1S/C18H25BrN2O2/c1-18(2,3)14-6-4-5-13(16(20)22)15(14)17(23)21-12-9-7-11(19)8-10-12/h7-10,13-15H,4-6H2,1-3H3,(H2,20,22)(H,21,23). The highest BCUT2D eigenvalue weighted by Crippen LogP contribution is 2.45. The van der Waals surface area contributed by atoms with E-state index in [-0.39, 0.29) is 35.0 Å². The van der Waals surface area contributed by atoms with Crippen LogP contribution >= 0.6 is 15.9 Å². The van der Waals surface area contributed by atoms with E-state index < -0.39 is 0 Å². The van der Waals surface area contributed by atoms with E-state index in [1.807, 2.05) is 24.3 Å². The lowest BCUT2D eigenvalue weighted by atomic mass is 9.62. The van der Waals surface area contributed by atoms with E-state index in [0.29, 0.717) is 6.42 Å². The molecule has 5 heteroatoms. The molecule has 1 aliphatic rings. The van der Waals surface area contributed by atoms with E-state index >= 15 is 0 Å². The normalized spacial score (nSPS) is 25.0. The van der Waals surface area contributed by atoms with Crippen LogP contribution in [0.1, 0.15) is 40.0 Å². The van der Waals surface area contributed by atoms with Gasteiger partial charge in [-0.1, -0.05) is 43.1 Å². The molecule has 0 heterocycles. The number of hydrogen-bond donors (Lipinski definition) is 2. The van der Waals surface area contributed by atoms with Crippen LogP contribution in [0.2, 0.25) is 0 Å². The van der Waals surface area contributed by atoms with Crippen LogP contribution in [-0.2, 0) is 9.59 Å². The lowest BCUT2D eigenvalue weighted by Gasteiger charge is -2.42. The fraction of sp³-hybridized carbons (Fsp3) is 0.556. The number of hydrogen-bond acceptors (Lipinski definition) is 2. The van der Waals surface area contributed by atoms with Gasteiger partial charge in [0.15, 0.2) is 0 Å². The van der Waals surface area contributed by atoms with Crippen LogP contribution in [0.25, 0.3) is 0 Å². The van der Waals surface area contributed by atoms with Crippen LogP contribution in [0.5, 0.6) is 0 Å². The second kappa shape index (κ2) is 7.04. The summed E-state index contributed by atoms with van der Waals surface area (Å²) in [6.45, 7) is 6.38. The van der Waals surface area contributed by atoms with Gasteiger partial charge in [0.25, 0.3) is 0 Å². The summed E-state index contributed by atoms with van der Waals surface area (Å²) in [4.78, 5) is 24.8. The third-order valence-electron chi connectivity index (χ3n) is 4.79. The Morgan fingerprint density at radius 3 is 2.30 bits per heavy atom. The molecule has 3 unspecified atom stereocenters. The van der Waals surface area contributed by atoms with Gasteiger partial charge in [0.2, 0.25) is 11.8 Å². The Morgan fingerprint density at radius 1 is 1.17 bits per heavy atom. The number of halogens is 1. The van der Waals surface area contributed by atoms with Gasteiger partial charge in [0, 0.05) is 16.1 Å². The number of benzene rings is 1. The molecule has 1 aromatic rings. The number of nitrogens with one attached hydrogen (secondary N) is 1. The summed E-state index contributed by atoms with van der Waals surface area (Å²) in [5, 5.41) is 2.96. The molecule has 1 aromatic carbocycles. The second-order valence-electron chi connectivity index (χ2n) is 7.43. The minimum atomic E-state index is -0.386. The SMILES string of the molecule is CC(C)(C)C1CCCC(C(N)=O)C1C(=O)Nc1ccc(Br)cc1. The molecule has 0 spiro atoms. The van der Waals surface area contributed by atoms with E-state index in [4.69, 9.17) is 5.73 Å². The van der Waals surface area contributed by atoms with Gasteiger partial charge in [-0.25, -0.2) is 0 Å². The maximum atomic E-state index is 12.9. The number of amides is 2. The lowest BCUT2D eigenvalue weighted by molar-refractivity contribution is -0.136. The molecule has 0 radical (unpaired) electrons. The first kappa shape index (κ1) is 18.0. The zero-order chi connectivity index (χ0) is 17.2. The monoisotopic (exact) mass is 380 g/mol. The molecular weight excluding hydrogens is 356 g/mol. The summed E-state index contributed by atoms with van der Waals surface area (Å²) in [5.41, 5.74) is 6.28. The Labute approximate surface area is 146 Å². The molecule has 23 heavy (non-hydrogen) atoms. The number of rotatable bonds is 3. The van der Waals surface area contributed by atoms with Crippen LogP contribution in [0.3, 0.4) is 0 Å². The summed E-state index contributed by atoms with van der Waals surface area (Å²) in [6, 6.07) is 7.44. The van der Waals surface area contributed by atoms with Gasteiger partial charge in [0.05, 0.1) is 5.92 Å². The van der Waals surface area contributed by atoms with Crippen molar-refractivity contribution in [1.82, 2.24) is 0 Å². The van der Waals surface area contributed by atoms with Gasteiger partial charge in [0.1, 0.15) is 0 Å². The fourth-order valence-electron chi connectivity index (χ4n) is 3.61. The fourth-order valence-corrected chi connectivity index (χ4v) is 3.88. The number of primary amides is 1. The highest BCUT2D eigenvalue weighted by Gasteiger charge is 2.45. The molecule has 1 aliphatic carbocycles. The molecule has 1 fully saturated rings. The average Bonchev–Trinajstić information content (AvgIpc) is 2.47. The van der Waals surface area contributed by atoms with E-state index in [0.717, 1.165) is 23.0 Å². The predicted molar refractivity (Wildman–Crippen MR) is 95.7 cm³/mol. The minimum absolute atomic E-state index is 0.0458. The molecule has 0 bridgehead atoms. The number of nitrogens with two attached hydrogens (primary N) is 1. The first-order valence-electron chi connectivity index (χ1n) is 8.06. The summed E-state index contributed by atoms with van der Waals surface area (Å²) < 4.78 is 0.954. The number of anilines is 1. The van der Waals surface area contributed by atoms with Crippen molar-refractivity contribution in [3.8, 4) is 0 Å². The Morgan fingerprint density at radius 2 is 1.78 bits per heavy atom. The van der Waals surface area contributed by atoms with Crippen LogP contribution < -0.4 is 11.1 Å². The Bertz CT molecular complexity index is 578. The molecule has 126 valence electrons. The summed E-state index contributed by atoms with van der Waals surface area (Å²) in [5.74, 6) is -1.08. The van der Waals surface area contributed by atoms with E-state index in [1.54, 1.807) is 0 Å². The topological polar surface area (TPSA) is 72.2 Å². The van der Waals surface area contributed by atoms with E-state index in [1.165, 1.54) is 0 Å². The molecule has 1 saturated carbocycles. The smallest absolute Gasteiger partial charge is 0.228 e. The average molecular weight is 381 g/mol. The molecule has 2 rings (SSSR count). The van der Waals surface area contributed by atoms with Crippen molar-refractivity contribution < 1.29 is 9.59 Å². The predicted octanol–water partition coefficient (Wildman–Crippen LogP) is 3.95. The largest absolute Gasteiger partial charge is 0.369 e. The van der Waals surface area contributed by atoms with Gasteiger partial charge in [-0.15, -0.1) is 0 Å². The highest BCUT2D eigenvalue weighted by atomic mass is 79.9. The van der Waals surface area contributed by atoms with Gasteiger partial charge in [-0.2, -0.15) is 0 Å². The van der Waals surface area contributed by atoms with Crippen molar-refractivity contribution >= 4 is 33.4 Å². The van der Waals surface area contributed by atoms with Gasteiger partial charge < -0.3 is 11.1 Å². The van der Waals surface area contributed by atoms with Gasteiger partial charge >= 0.3 is 0 Å². The molecule has 2 amide bonds. The second-order valence-corrected chi connectivity index (χ2v) is 8.35. The Kier molecular flexibility index (Phi) is 5.50. The molecule has 4 nitrogen and oxygen atoms in total. The molecule has 0 saturated heterocycles. The van der Waals surface area contributed by atoms with Crippen LogP contribution in [0.15, 0.2) is 28.7 Å². The van der Waals surface area contributed by atoms with Crippen molar-refractivity contribution in [3.63, 3.8) is 0 Å². The van der Waals surface area contributed by atoms with E-state index in [2.05, 4.69) is 42.0 Å². The van der Waals surface area contributed by atoms with Crippen LogP contribution in [0.4, 0.5) is 5.69 Å². The number of carbonyl (C=O) groups is 2. The van der Waals surface area contributed by atoms with Crippen molar-refractivity contribution in [2.45, 2.75) is 40.0 Å². The van der Waals surface area contributed by atoms with Gasteiger partial charge in [-0.05, 0) is 48.4 Å². The van der Waals surface area contributed by atoms with Crippen LogP contribution in [-0.4, -0.2) is 11.8 Å². The van der Waals surface area contributed by atoms with Crippen molar-refractivity contribution in [3.05, 3.63) is 28.7 Å². The maximum absolute atomic E-state index is 12.9. The summed E-state index contributed by atoms with van der Waals surface area (Å²) in [6.07, 6.45) is 2.59. The molecular formula is C18H25BrN2O2. The third kappa shape index (κ3) is 4.34. The third-order valence-corrected chi connectivity index (χ3v) is 5.32. The zero-order valence-corrected chi connectivity index (χ0v) is 15.5. The molecule has 0 aromatic heterocycles. The molecule has 3 N–H and O–H groups in total. The summed E-state index contributed by atoms with van der Waals surface area (Å²) in [7, 11) is 0. The van der Waals surface area contributed by atoms with E-state index in [9.17, 15) is 9.59 Å². The highest BCUT2D eigenvalue weighted by molar-refractivity contribution is 9.10. The lowest BCUT2D eigenvalue weighted by Crippen LogP contribution is -2.47. The maximum Gasteiger partial charge on any atom is 0.228 e. The Balaban J connectivity index is 2.26. The van der Waals surface area contributed by atoms with Crippen molar-refractivity contribution in [2.24, 2.45) is 28.9 Å². The van der Waals surface area contributed by atoms with Crippen molar-refractivity contribution in [1.29, 1.82) is 0 Å². The Hall–Kier alpha value is -1.36. The number of carbonyl (C=O) groups excluding carboxylic acids is 2. The van der Waals surface area contributed by atoms with Gasteiger partial charge in [-0.3, -0.25) is 9.59 Å². The van der Waals surface area contributed by atoms with Crippen molar-refractivity contribution in [2.75, 3.05) is 5.32 Å². The first-order valence-corrected chi connectivity index (χ1v) is 8.85. The zero-order valence-electron chi connectivity index (χ0n) is 13.9. The first-order chi connectivity index (χ1) is 10.7. The minimum Gasteiger partial charge on any atom is -0.369 e.